The number of amides is 1. The second kappa shape index (κ2) is 6.37. The van der Waals surface area contributed by atoms with E-state index in [0.29, 0.717) is 21.2 Å². The predicted molar refractivity (Wildman–Crippen MR) is 94.5 cm³/mol. The summed E-state index contributed by atoms with van der Waals surface area (Å²) >= 11 is 5.11. The maximum atomic E-state index is 12.4. The molecule has 3 rings (SSSR count). The molecule has 1 amide bonds. The summed E-state index contributed by atoms with van der Waals surface area (Å²) in [5, 5.41) is 3.38. The number of carbonyl (C=O) groups is 1. The third-order valence-electron chi connectivity index (χ3n) is 3.84. The molecule has 0 saturated carbocycles. The molecule has 0 saturated heterocycles. The Kier molecular flexibility index (Phi) is 4.26. The van der Waals surface area contributed by atoms with Gasteiger partial charge >= 0.3 is 0 Å². The first-order valence-electron chi connectivity index (χ1n) is 7.42. The minimum atomic E-state index is -0.241. The van der Waals surface area contributed by atoms with E-state index in [1.807, 2.05) is 25.1 Å². The van der Waals surface area contributed by atoms with Gasteiger partial charge in [-0.05, 0) is 49.5 Å². The van der Waals surface area contributed by atoms with Crippen molar-refractivity contribution in [1.82, 2.24) is 19.9 Å². The summed E-state index contributed by atoms with van der Waals surface area (Å²) in [7, 11) is 1.61. The highest BCUT2D eigenvalue weighted by atomic mass is 32.1. The Morgan fingerprint density at radius 3 is 2.83 bits per heavy atom. The highest BCUT2D eigenvalue weighted by molar-refractivity contribution is 7.71. The fourth-order valence-electron chi connectivity index (χ4n) is 2.43. The van der Waals surface area contributed by atoms with Crippen LogP contribution in [0.5, 0.6) is 0 Å². The Hall–Kier alpha value is -2.80. The molecule has 2 aromatic heterocycles. The molecular formula is C17H16N4O2S. The van der Waals surface area contributed by atoms with Crippen LogP contribution in [0.25, 0.3) is 10.9 Å². The molecule has 0 unspecified atom stereocenters. The van der Waals surface area contributed by atoms with Crippen LogP contribution in [0.4, 0.5) is 0 Å². The van der Waals surface area contributed by atoms with Crippen molar-refractivity contribution in [2.45, 2.75) is 13.0 Å². The molecule has 0 aliphatic heterocycles. The smallest absolute Gasteiger partial charge is 0.261 e. The Labute approximate surface area is 143 Å². The normalized spacial score (nSPS) is 12.1. The highest BCUT2D eigenvalue weighted by Gasteiger charge is 2.13. The van der Waals surface area contributed by atoms with Gasteiger partial charge in [-0.2, -0.15) is 0 Å². The van der Waals surface area contributed by atoms with Gasteiger partial charge in [0, 0.05) is 18.8 Å². The van der Waals surface area contributed by atoms with Gasteiger partial charge in [0.15, 0.2) is 4.77 Å². The van der Waals surface area contributed by atoms with E-state index in [9.17, 15) is 9.59 Å². The van der Waals surface area contributed by atoms with Gasteiger partial charge in [-0.1, -0.05) is 6.07 Å². The fraction of sp³-hybridized carbons (Fsp3) is 0.176. The van der Waals surface area contributed by atoms with Gasteiger partial charge in [-0.25, -0.2) is 0 Å². The average Bonchev–Trinajstić information content (AvgIpc) is 2.60. The topological polar surface area (TPSA) is 79.8 Å². The molecule has 122 valence electrons. The monoisotopic (exact) mass is 340 g/mol. The van der Waals surface area contributed by atoms with Crippen LogP contribution in [-0.2, 0) is 7.05 Å². The number of aromatic nitrogens is 3. The molecule has 6 nitrogen and oxygen atoms in total. The van der Waals surface area contributed by atoms with Crippen LogP contribution in [0.3, 0.4) is 0 Å². The first kappa shape index (κ1) is 16.1. The number of rotatable bonds is 3. The molecule has 0 spiro atoms. The Morgan fingerprint density at radius 1 is 1.33 bits per heavy atom. The fourth-order valence-corrected chi connectivity index (χ4v) is 2.63. The molecule has 0 aliphatic carbocycles. The molecule has 3 aromatic rings. The molecular weight excluding hydrogens is 324 g/mol. The van der Waals surface area contributed by atoms with E-state index in [4.69, 9.17) is 12.2 Å². The van der Waals surface area contributed by atoms with Crippen LogP contribution in [0, 0.1) is 4.77 Å². The standard InChI is InChI=1S/C17H16N4O2S/c1-10(13-5-3-4-8-18-13)19-15(22)11-6-7-12-14(9-11)20-17(24)21(2)16(12)23/h3-10H,1-2H3,(H,19,22)(H,20,24)/t10-/m0/s1. The molecule has 0 aliphatic rings. The number of carbonyl (C=O) groups excluding carboxylic acids is 1. The zero-order valence-corrected chi connectivity index (χ0v) is 14.1. The van der Waals surface area contributed by atoms with Crippen molar-refractivity contribution in [3.8, 4) is 0 Å². The van der Waals surface area contributed by atoms with E-state index < -0.39 is 0 Å². The van der Waals surface area contributed by atoms with Crippen molar-refractivity contribution < 1.29 is 4.79 Å². The van der Waals surface area contributed by atoms with Crippen LogP contribution in [-0.4, -0.2) is 20.4 Å². The van der Waals surface area contributed by atoms with Gasteiger partial charge in [-0.3, -0.25) is 19.1 Å². The molecule has 1 aromatic carbocycles. The minimum Gasteiger partial charge on any atom is -0.344 e. The van der Waals surface area contributed by atoms with Crippen molar-refractivity contribution >= 4 is 29.0 Å². The van der Waals surface area contributed by atoms with Gasteiger partial charge in [0.25, 0.3) is 11.5 Å². The number of hydrogen-bond acceptors (Lipinski definition) is 4. The van der Waals surface area contributed by atoms with Crippen molar-refractivity contribution in [2.24, 2.45) is 7.05 Å². The molecule has 0 bridgehead atoms. The summed E-state index contributed by atoms with van der Waals surface area (Å²) < 4.78 is 1.67. The second-order valence-electron chi connectivity index (χ2n) is 5.50. The molecule has 2 heterocycles. The third kappa shape index (κ3) is 2.98. The van der Waals surface area contributed by atoms with E-state index in [-0.39, 0.29) is 17.5 Å². The largest absolute Gasteiger partial charge is 0.344 e. The number of H-pyrrole nitrogens is 1. The van der Waals surface area contributed by atoms with Crippen molar-refractivity contribution in [1.29, 1.82) is 0 Å². The Morgan fingerprint density at radius 2 is 2.12 bits per heavy atom. The lowest BCUT2D eigenvalue weighted by molar-refractivity contribution is 0.0939. The lowest BCUT2D eigenvalue weighted by Crippen LogP contribution is -2.27. The van der Waals surface area contributed by atoms with Crippen LogP contribution in [0.2, 0.25) is 0 Å². The molecule has 24 heavy (non-hydrogen) atoms. The number of pyridine rings is 1. The third-order valence-corrected chi connectivity index (χ3v) is 4.22. The van der Waals surface area contributed by atoms with E-state index in [2.05, 4.69) is 15.3 Å². The quantitative estimate of drug-likeness (QED) is 0.718. The van der Waals surface area contributed by atoms with Crippen LogP contribution < -0.4 is 10.9 Å². The summed E-state index contributed by atoms with van der Waals surface area (Å²) in [6.07, 6.45) is 1.68. The number of hydrogen-bond donors (Lipinski definition) is 2. The molecule has 1 atom stereocenters. The van der Waals surface area contributed by atoms with Crippen molar-refractivity contribution in [3.63, 3.8) is 0 Å². The van der Waals surface area contributed by atoms with Crippen molar-refractivity contribution in [2.75, 3.05) is 0 Å². The van der Waals surface area contributed by atoms with Gasteiger partial charge in [0.2, 0.25) is 0 Å². The van der Waals surface area contributed by atoms with Gasteiger partial charge in [0.05, 0.1) is 22.6 Å². The predicted octanol–water partition coefficient (Wildman–Crippen LogP) is 2.48. The van der Waals surface area contributed by atoms with Gasteiger partial charge in [0.1, 0.15) is 0 Å². The summed E-state index contributed by atoms with van der Waals surface area (Å²) in [5.41, 5.74) is 1.58. The van der Waals surface area contributed by atoms with Crippen LogP contribution >= 0.6 is 12.2 Å². The molecule has 0 fully saturated rings. The van der Waals surface area contributed by atoms with Crippen molar-refractivity contribution in [3.05, 3.63) is 69.0 Å². The van der Waals surface area contributed by atoms with E-state index in [0.717, 1.165) is 5.69 Å². The van der Waals surface area contributed by atoms with Crippen LogP contribution in [0.15, 0.2) is 47.4 Å². The zero-order chi connectivity index (χ0) is 17.3. The zero-order valence-electron chi connectivity index (χ0n) is 13.2. The summed E-state index contributed by atoms with van der Waals surface area (Å²) in [6, 6.07) is 10.2. The first-order valence-corrected chi connectivity index (χ1v) is 7.83. The van der Waals surface area contributed by atoms with Gasteiger partial charge < -0.3 is 10.3 Å². The summed E-state index contributed by atoms with van der Waals surface area (Å²) in [5.74, 6) is -0.241. The summed E-state index contributed by atoms with van der Waals surface area (Å²) in [6.45, 7) is 1.87. The van der Waals surface area contributed by atoms with Gasteiger partial charge in [-0.15, -0.1) is 0 Å². The number of nitrogens with one attached hydrogen (secondary N) is 2. The van der Waals surface area contributed by atoms with E-state index in [1.165, 1.54) is 4.57 Å². The average molecular weight is 340 g/mol. The SMILES string of the molecule is C[C@H](NC(=O)c1ccc2c(=O)n(C)c(=S)[nH]c2c1)c1ccccn1. The van der Waals surface area contributed by atoms with Crippen LogP contribution in [0.1, 0.15) is 29.0 Å². The summed E-state index contributed by atoms with van der Waals surface area (Å²) in [4.78, 5) is 31.8. The molecule has 0 radical (unpaired) electrons. The molecule has 7 heteroatoms. The first-order chi connectivity index (χ1) is 11.5. The second-order valence-corrected chi connectivity index (χ2v) is 5.89. The maximum absolute atomic E-state index is 12.4. The molecule has 2 N–H and O–H groups in total. The number of aromatic amines is 1. The lowest BCUT2D eigenvalue weighted by atomic mass is 10.1. The Balaban J connectivity index is 1.92. The number of fused-ring (bicyclic) bond motifs is 1. The van der Waals surface area contributed by atoms with E-state index in [1.54, 1.807) is 31.4 Å². The highest BCUT2D eigenvalue weighted by Crippen LogP contribution is 2.13. The number of nitrogens with zero attached hydrogens (tertiary/aromatic N) is 2. The maximum Gasteiger partial charge on any atom is 0.261 e. The van der Waals surface area contributed by atoms with E-state index >= 15 is 0 Å². The minimum absolute atomic E-state index is 0.192. The Bertz CT molecular complexity index is 1020. The lowest BCUT2D eigenvalue weighted by Gasteiger charge is -2.13. The number of benzene rings is 1.